The van der Waals surface area contributed by atoms with E-state index in [2.05, 4.69) is 0 Å². The zero-order chi connectivity index (χ0) is 14.2. The van der Waals surface area contributed by atoms with E-state index in [0.29, 0.717) is 15.6 Å². The number of nitrogens with zero attached hydrogens (tertiary/aromatic N) is 2. The number of hydrogen-bond donors (Lipinski definition) is 1. The average Bonchev–Trinajstić information content (AvgIpc) is 2.36. The van der Waals surface area contributed by atoms with Crippen molar-refractivity contribution >= 4 is 28.9 Å². The second-order valence-electron chi connectivity index (χ2n) is 4.12. The van der Waals surface area contributed by atoms with Gasteiger partial charge in [-0.1, -0.05) is 29.3 Å². The van der Waals surface area contributed by atoms with Gasteiger partial charge in [0.05, 0.1) is 16.6 Å². The maximum absolute atomic E-state index is 11.9. The quantitative estimate of drug-likeness (QED) is 0.913. The minimum Gasteiger partial charge on any atom is -0.393 e. The van der Waals surface area contributed by atoms with E-state index in [9.17, 15) is 9.59 Å². The van der Waals surface area contributed by atoms with E-state index in [4.69, 9.17) is 28.9 Å². The molecule has 0 amide bonds. The summed E-state index contributed by atoms with van der Waals surface area (Å²) in [5.41, 5.74) is 5.31. The molecule has 7 heteroatoms. The molecule has 0 spiro atoms. The van der Waals surface area contributed by atoms with Gasteiger partial charge in [-0.25, -0.2) is 4.79 Å². The van der Waals surface area contributed by atoms with Crippen molar-refractivity contribution in [3.05, 3.63) is 60.8 Å². The Bertz CT molecular complexity index is 715. The highest BCUT2D eigenvalue weighted by molar-refractivity contribution is 6.42. The Kier molecular flexibility index (Phi) is 3.68. The first-order chi connectivity index (χ1) is 8.90. The Balaban J connectivity index is 2.52. The van der Waals surface area contributed by atoms with Crippen LogP contribution >= 0.6 is 23.2 Å². The molecule has 0 radical (unpaired) electrons. The molecule has 0 aliphatic carbocycles. The van der Waals surface area contributed by atoms with Crippen molar-refractivity contribution in [1.29, 1.82) is 0 Å². The van der Waals surface area contributed by atoms with E-state index in [1.54, 1.807) is 18.2 Å². The van der Waals surface area contributed by atoms with E-state index in [1.165, 1.54) is 17.8 Å². The molecular weight excluding hydrogens is 289 g/mol. The van der Waals surface area contributed by atoms with Crippen molar-refractivity contribution in [3.63, 3.8) is 0 Å². The van der Waals surface area contributed by atoms with Crippen molar-refractivity contribution in [2.24, 2.45) is 7.05 Å². The second-order valence-corrected chi connectivity index (χ2v) is 4.93. The van der Waals surface area contributed by atoms with E-state index in [-0.39, 0.29) is 12.2 Å². The summed E-state index contributed by atoms with van der Waals surface area (Å²) < 4.78 is 2.31. The summed E-state index contributed by atoms with van der Waals surface area (Å²) in [5.74, 6) is 0. The number of hydrogen-bond acceptors (Lipinski definition) is 3. The fraction of sp³-hybridized carbons (Fsp3) is 0.167. The Hall–Kier alpha value is -1.72. The minimum atomic E-state index is -0.519. The van der Waals surface area contributed by atoms with Crippen molar-refractivity contribution in [3.8, 4) is 0 Å². The topological polar surface area (TPSA) is 70.0 Å². The summed E-state index contributed by atoms with van der Waals surface area (Å²) in [6.07, 6.45) is 1.30. The van der Waals surface area contributed by atoms with Crippen LogP contribution in [0, 0.1) is 0 Å². The van der Waals surface area contributed by atoms with E-state index >= 15 is 0 Å². The first kappa shape index (κ1) is 13.7. The Morgan fingerprint density at radius 2 is 1.89 bits per heavy atom. The van der Waals surface area contributed by atoms with E-state index in [0.717, 1.165) is 4.57 Å². The van der Waals surface area contributed by atoms with Gasteiger partial charge in [0.25, 0.3) is 5.56 Å². The molecule has 1 heterocycles. The molecule has 0 fully saturated rings. The molecule has 1 aromatic heterocycles. The summed E-state index contributed by atoms with van der Waals surface area (Å²) >= 11 is 11.7. The number of anilines is 1. The summed E-state index contributed by atoms with van der Waals surface area (Å²) in [6.45, 7) is 0.0907. The predicted octanol–water partition coefficient (Wildman–Crippen LogP) is 1.48. The Morgan fingerprint density at radius 3 is 2.53 bits per heavy atom. The number of halogens is 2. The average molecular weight is 300 g/mol. The fourth-order valence-corrected chi connectivity index (χ4v) is 2.03. The van der Waals surface area contributed by atoms with E-state index < -0.39 is 11.2 Å². The molecule has 2 aromatic rings. The number of aryl methyl sites for hydroxylation is 1. The van der Waals surface area contributed by atoms with Crippen LogP contribution in [0.15, 0.2) is 34.0 Å². The third-order valence-electron chi connectivity index (χ3n) is 2.68. The normalized spacial score (nSPS) is 10.7. The summed E-state index contributed by atoms with van der Waals surface area (Å²) in [5, 5.41) is 0.784. The highest BCUT2D eigenvalue weighted by Crippen LogP contribution is 2.22. The van der Waals surface area contributed by atoms with Crippen LogP contribution in [0.4, 0.5) is 5.69 Å². The minimum absolute atomic E-state index is 0.0159. The molecular formula is C12H11Cl2N3O2. The fourth-order valence-electron chi connectivity index (χ4n) is 1.71. The number of aromatic nitrogens is 2. The van der Waals surface area contributed by atoms with Crippen molar-refractivity contribution in [1.82, 2.24) is 9.13 Å². The summed E-state index contributed by atoms with van der Waals surface area (Å²) in [4.78, 5) is 23.8. The van der Waals surface area contributed by atoms with Crippen LogP contribution < -0.4 is 17.0 Å². The molecule has 0 aliphatic rings. The smallest absolute Gasteiger partial charge is 0.331 e. The highest BCUT2D eigenvalue weighted by Gasteiger charge is 2.09. The molecule has 0 bridgehead atoms. The molecule has 0 saturated heterocycles. The van der Waals surface area contributed by atoms with Gasteiger partial charge in [-0.05, 0) is 17.7 Å². The molecule has 2 N–H and O–H groups in total. The first-order valence-electron chi connectivity index (χ1n) is 5.40. The van der Waals surface area contributed by atoms with Crippen LogP contribution in [-0.4, -0.2) is 9.13 Å². The van der Waals surface area contributed by atoms with Gasteiger partial charge in [-0.15, -0.1) is 0 Å². The molecule has 0 saturated carbocycles. The van der Waals surface area contributed by atoms with Crippen molar-refractivity contribution < 1.29 is 0 Å². The largest absolute Gasteiger partial charge is 0.393 e. The monoisotopic (exact) mass is 299 g/mol. The second kappa shape index (κ2) is 5.11. The summed E-state index contributed by atoms with van der Waals surface area (Å²) in [6, 6.07) is 4.92. The Labute approximate surface area is 118 Å². The third kappa shape index (κ3) is 2.67. The predicted molar refractivity (Wildman–Crippen MR) is 75.9 cm³/mol. The molecule has 1 aromatic carbocycles. The molecule has 0 atom stereocenters. The van der Waals surface area contributed by atoms with Gasteiger partial charge in [0, 0.05) is 13.2 Å². The third-order valence-corrected chi connectivity index (χ3v) is 3.42. The molecule has 100 valence electrons. The molecule has 0 aliphatic heterocycles. The van der Waals surface area contributed by atoms with Gasteiger partial charge in [-0.2, -0.15) is 0 Å². The zero-order valence-corrected chi connectivity index (χ0v) is 11.6. The Morgan fingerprint density at radius 1 is 1.21 bits per heavy atom. The van der Waals surface area contributed by atoms with Gasteiger partial charge >= 0.3 is 5.69 Å². The summed E-state index contributed by atoms with van der Waals surface area (Å²) in [7, 11) is 1.53. The lowest BCUT2D eigenvalue weighted by Gasteiger charge is -2.09. The number of nitrogens with two attached hydrogens (primary N) is 1. The van der Waals surface area contributed by atoms with Crippen LogP contribution in [0.5, 0.6) is 0 Å². The van der Waals surface area contributed by atoms with Crippen molar-refractivity contribution in [2.45, 2.75) is 6.54 Å². The lowest BCUT2D eigenvalue weighted by atomic mass is 10.2. The molecule has 0 unspecified atom stereocenters. The molecule has 5 nitrogen and oxygen atoms in total. The maximum atomic E-state index is 11.9. The SMILES string of the molecule is Cn1cc(N)c(=O)n(Cc2ccc(Cl)c(Cl)c2)c1=O. The lowest BCUT2D eigenvalue weighted by Crippen LogP contribution is -2.39. The van der Waals surface area contributed by atoms with Gasteiger partial charge < -0.3 is 10.3 Å². The first-order valence-corrected chi connectivity index (χ1v) is 6.15. The number of rotatable bonds is 2. The molecule has 19 heavy (non-hydrogen) atoms. The number of benzene rings is 1. The van der Waals surface area contributed by atoms with Gasteiger partial charge in [0.1, 0.15) is 5.69 Å². The van der Waals surface area contributed by atoms with Crippen molar-refractivity contribution in [2.75, 3.05) is 5.73 Å². The van der Waals surface area contributed by atoms with E-state index in [1.807, 2.05) is 0 Å². The van der Waals surface area contributed by atoms with Gasteiger partial charge in [-0.3, -0.25) is 9.36 Å². The highest BCUT2D eigenvalue weighted by atomic mass is 35.5. The van der Waals surface area contributed by atoms with Crippen LogP contribution in [-0.2, 0) is 13.6 Å². The van der Waals surface area contributed by atoms with Crippen LogP contribution in [0.1, 0.15) is 5.56 Å². The van der Waals surface area contributed by atoms with Gasteiger partial charge in [0.2, 0.25) is 0 Å². The molecule has 2 rings (SSSR count). The van der Waals surface area contributed by atoms with Crippen LogP contribution in [0.25, 0.3) is 0 Å². The van der Waals surface area contributed by atoms with Crippen LogP contribution in [0.3, 0.4) is 0 Å². The maximum Gasteiger partial charge on any atom is 0.331 e. The van der Waals surface area contributed by atoms with Gasteiger partial charge in [0.15, 0.2) is 0 Å². The van der Waals surface area contributed by atoms with Crippen LogP contribution in [0.2, 0.25) is 10.0 Å². The zero-order valence-electron chi connectivity index (χ0n) is 10.1. The standard InChI is InChI=1S/C12H11Cl2N3O2/c1-16-6-10(15)11(18)17(12(16)19)5-7-2-3-8(13)9(14)4-7/h2-4,6H,5,15H2,1H3. The number of nitrogen functional groups attached to an aromatic ring is 1. The lowest BCUT2D eigenvalue weighted by molar-refractivity contribution is 0.643.